The summed E-state index contributed by atoms with van der Waals surface area (Å²) in [7, 11) is 0. The summed E-state index contributed by atoms with van der Waals surface area (Å²) in [6.45, 7) is 12.0. The Morgan fingerprint density at radius 3 is 1.86 bits per heavy atom. The van der Waals surface area contributed by atoms with Crippen LogP contribution < -0.4 is 37.2 Å². The molecule has 10 N–H and O–H groups in total. The summed E-state index contributed by atoms with van der Waals surface area (Å²) in [5.41, 5.74) is 2.78. The normalized spacial score (nSPS) is 14.1. The highest BCUT2D eigenvalue weighted by molar-refractivity contribution is 5.97. The molecule has 19 nitrogen and oxygen atoms in total. The number of rotatable bonds is 27. The molecule has 1 aromatic carbocycles. The molecular formula is C46H68N12O7. The molecule has 0 fully saturated rings. The molecule has 19 heteroatoms. The Bertz CT molecular complexity index is 2150. The van der Waals surface area contributed by atoms with Crippen LogP contribution in [0.15, 0.2) is 55.5 Å². The van der Waals surface area contributed by atoms with Gasteiger partial charge in [-0.05, 0) is 43.2 Å². The van der Waals surface area contributed by atoms with Crippen molar-refractivity contribution >= 4 is 52.3 Å². The number of carbonyl (C=O) groups excluding carboxylic acids is 7. The lowest BCUT2D eigenvalue weighted by molar-refractivity contribution is -0.135. The minimum absolute atomic E-state index is 0.0356. The maximum absolute atomic E-state index is 14.0. The highest BCUT2D eigenvalue weighted by atomic mass is 16.2. The second-order valence-electron chi connectivity index (χ2n) is 17.4. The number of para-hydroxylation sites is 1. The predicted molar refractivity (Wildman–Crippen MR) is 246 cm³/mol. The molecule has 0 radical (unpaired) electrons. The summed E-state index contributed by atoms with van der Waals surface area (Å²) in [5.74, 6) is -4.13. The van der Waals surface area contributed by atoms with E-state index in [4.69, 9.17) is 0 Å². The third-order valence-corrected chi connectivity index (χ3v) is 11.0. The molecule has 0 bridgehead atoms. The first-order valence-corrected chi connectivity index (χ1v) is 22.6. The van der Waals surface area contributed by atoms with Gasteiger partial charge >= 0.3 is 0 Å². The van der Waals surface area contributed by atoms with Gasteiger partial charge in [0.2, 0.25) is 41.4 Å². The highest BCUT2D eigenvalue weighted by Gasteiger charge is 2.32. The first-order valence-electron chi connectivity index (χ1n) is 22.6. The van der Waals surface area contributed by atoms with E-state index in [0.717, 1.165) is 55.0 Å². The van der Waals surface area contributed by atoms with Crippen LogP contribution in [-0.2, 0) is 52.8 Å². The Balaban J connectivity index is 1.40. The van der Waals surface area contributed by atoms with Gasteiger partial charge in [-0.25, -0.2) is 9.97 Å². The van der Waals surface area contributed by atoms with Gasteiger partial charge in [-0.2, -0.15) is 0 Å². The average molecular weight is 901 g/mol. The number of hydrogen-bond donors (Lipinski definition) is 10. The Hall–Kier alpha value is -6.53. The van der Waals surface area contributed by atoms with Gasteiger partial charge in [-0.3, -0.25) is 33.6 Å². The number of amides is 7. The van der Waals surface area contributed by atoms with Crippen molar-refractivity contribution in [1.29, 1.82) is 0 Å². The predicted octanol–water partition coefficient (Wildman–Crippen LogP) is 2.38. The molecule has 65 heavy (non-hydrogen) atoms. The minimum Gasteiger partial charge on any atom is -0.361 e. The van der Waals surface area contributed by atoms with Gasteiger partial charge in [0, 0.05) is 73.1 Å². The van der Waals surface area contributed by atoms with Crippen molar-refractivity contribution in [3.63, 3.8) is 0 Å². The second-order valence-corrected chi connectivity index (χ2v) is 17.4. The maximum atomic E-state index is 14.0. The molecule has 0 unspecified atom stereocenters. The van der Waals surface area contributed by atoms with Gasteiger partial charge < -0.3 is 52.2 Å². The largest absolute Gasteiger partial charge is 0.361 e. The van der Waals surface area contributed by atoms with Crippen LogP contribution in [0.3, 0.4) is 0 Å². The van der Waals surface area contributed by atoms with Gasteiger partial charge in [-0.15, -0.1) is 0 Å². The van der Waals surface area contributed by atoms with Crippen LogP contribution in [0.2, 0.25) is 0 Å². The van der Waals surface area contributed by atoms with Crippen molar-refractivity contribution in [2.24, 2.45) is 11.8 Å². The van der Waals surface area contributed by atoms with E-state index in [0.29, 0.717) is 17.3 Å². The summed E-state index contributed by atoms with van der Waals surface area (Å²) >= 11 is 0. The van der Waals surface area contributed by atoms with E-state index in [1.54, 1.807) is 26.2 Å². The Labute approximate surface area is 380 Å². The van der Waals surface area contributed by atoms with E-state index in [1.165, 1.54) is 32.7 Å². The van der Waals surface area contributed by atoms with E-state index < -0.39 is 78.1 Å². The van der Waals surface area contributed by atoms with Crippen LogP contribution in [0.25, 0.3) is 10.9 Å². The van der Waals surface area contributed by atoms with Crippen molar-refractivity contribution < 1.29 is 33.6 Å². The first kappa shape index (κ1) is 51.1. The van der Waals surface area contributed by atoms with Crippen molar-refractivity contribution in [2.75, 3.05) is 6.54 Å². The summed E-state index contributed by atoms with van der Waals surface area (Å²) in [6.07, 6.45) is 13.9. The van der Waals surface area contributed by atoms with E-state index in [9.17, 15) is 33.6 Å². The third-order valence-electron chi connectivity index (χ3n) is 11.0. The monoisotopic (exact) mass is 901 g/mol. The van der Waals surface area contributed by atoms with E-state index in [2.05, 4.69) is 82.9 Å². The lowest BCUT2D eigenvalue weighted by Crippen LogP contribution is -2.59. The molecule has 6 atom stereocenters. The van der Waals surface area contributed by atoms with Crippen LogP contribution in [0, 0.1) is 11.8 Å². The molecule has 0 aliphatic carbocycles. The highest BCUT2D eigenvalue weighted by Crippen LogP contribution is 2.20. The van der Waals surface area contributed by atoms with Crippen molar-refractivity contribution in [3.8, 4) is 0 Å². The van der Waals surface area contributed by atoms with Crippen LogP contribution in [0.4, 0.5) is 0 Å². The number of hydrogen-bond acceptors (Lipinski definition) is 9. The Kier molecular flexibility index (Phi) is 20.2. The summed E-state index contributed by atoms with van der Waals surface area (Å²) in [4.78, 5) is 111. The van der Waals surface area contributed by atoms with Crippen molar-refractivity contribution in [3.05, 3.63) is 72.5 Å². The number of imidazole rings is 2. The lowest BCUT2D eigenvalue weighted by Gasteiger charge is -2.26. The molecule has 0 aliphatic rings. The van der Waals surface area contributed by atoms with Crippen LogP contribution >= 0.6 is 0 Å². The zero-order valence-corrected chi connectivity index (χ0v) is 38.6. The molecule has 4 aromatic rings. The van der Waals surface area contributed by atoms with Gasteiger partial charge in [0.15, 0.2) is 0 Å². The number of unbranched alkanes of at least 4 members (excludes halogenated alkanes) is 3. The Morgan fingerprint density at radius 1 is 0.646 bits per heavy atom. The van der Waals surface area contributed by atoms with Crippen molar-refractivity contribution in [1.82, 2.24) is 62.1 Å². The number of H-pyrrole nitrogens is 3. The maximum Gasteiger partial charge on any atom is 0.243 e. The number of nitrogens with one attached hydrogen (secondary N) is 10. The van der Waals surface area contributed by atoms with E-state index in [-0.39, 0.29) is 31.2 Å². The van der Waals surface area contributed by atoms with Crippen LogP contribution in [0.5, 0.6) is 0 Å². The Morgan fingerprint density at radius 2 is 1.26 bits per heavy atom. The molecule has 0 spiro atoms. The number of aromatic amines is 3. The van der Waals surface area contributed by atoms with Crippen molar-refractivity contribution in [2.45, 2.75) is 143 Å². The fourth-order valence-electron chi connectivity index (χ4n) is 7.55. The smallest absolute Gasteiger partial charge is 0.243 e. The first-order chi connectivity index (χ1) is 31.0. The topological polar surface area (TPSA) is 277 Å². The summed E-state index contributed by atoms with van der Waals surface area (Å²) < 4.78 is 0. The molecule has 3 aromatic heterocycles. The lowest BCUT2D eigenvalue weighted by atomic mass is 9.97. The van der Waals surface area contributed by atoms with Crippen LogP contribution in [-0.4, -0.2) is 109 Å². The van der Waals surface area contributed by atoms with Gasteiger partial charge in [0.25, 0.3) is 0 Å². The number of aromatic nitrogens is 5. The number of benzene rings is 1. The number of nitrogens with zero attached hydrogens (tertiary/aromatic N) is 2. The molecule has 7 amide bonds. The molecule has 0 saturated heterocycles. The van der Waals surface area contributed by atoms with Crippen LogP contribution in [0.1, 0.15) is 104 Å². The fourth-order valence-corrected chi connectivity index (χ4v) is 7.55. The molecular weight excluding hydrogens is 833 g/mol. The zero-order chi connectivity index (χ0) is 47.5. The number of carbonyl (C=O) groups is 7. The third kappa shape index (κ3) is 16.8. The van der Waals surface area contributed by atoms with E-state index >= 15 is 0 Å². The van der Waals surface area contributed by atoms with E-state index in [1.807, 2.05) is 24.3 Å². The quantitative estimate of drug-likeness (QED) is 0.0393. The minimum atomic E-state index is -1.19. The zero-order valence-electron chi connectivity index (χ0n) is 38.6. The summed E-state index contributed by atoms with van der Waals surface area (Å²) in [5, 5.41) is 20.1. The standard InChI is InChI=1S/C46H68N12O7/c1-8-9-10-11-14-32(17-27(2)3)55-44(63)39(20-34-23-48-26-52-34)56-40(60)24-50-46(65)41(28(4)5)58-42(61)29(6)53-43(62)37(18-31-21-49-36-16-13-12-15-35(31)36)57-45(64)38(54-30(7)59)19-33-22-47-25-51-33/h12-13,15-16,21-23,25-29,32,37-39,41,49H,8-11,14,17-20,24H2,1-7H3,(H,47,51)(H,48,52)(H,50,65)(H,53,62)(H,54,59)(H,55,63)(H,56,60)(H,57,64)(H,58,61)/t29-,32+,37-,38-,39-,41-/m0/s1. The molecule has 0 saturated carbocycles. The van der Waals surface area contributed by atoms with Gasteiger partial charge in [0.1, 0.15) is 30.2 Å². The van der Waals surface area contributed by atoms with Gasteiger partial charge in [0.05, 0.1) is 19.2 Å². The van der Waals surface area contributed by atoms with Gasteiger partial charge in [-0.1, -0.05) is 78.5 Å². The molecule has 4 rings (SSSR count). The number of fused-ring (bicyclic) bond motifs is 1. The average Bonchev–Trinajstić information content (AvgIpc) is 4.06. The second kappa shape index (κ2) is 25.7. The molecule has 354 valence electrons. The SMILES string of the molecule is CCCCCC[C@H](CC(C)C)NC(=O)[C@H](Cc1cnc[nH]1)NC(=O)CNC(=O)[C@@H](NC(=O)[C@H](C)NC(=O)[C@H](Cc1c[nH]c2ccccc12)NC(=O)[C@H](Cc1cnc[nH]1)NC(C)=O)C(C)C. The molecule has 3 heterocycles. The fraction of sp³-hybridized carbons (Fsp3) is 0.543. The summed E-state index contributed by atoms with van der Waals surface area (Å²) in [6, 6.07) is 1.93. The molecule has 0 aliphatic heterocycles.